The molecule has 0 aliphatic carbocycles. The number of fused-ring (bicyclic) bond motifs is 2. The fourth-order valence-corrected chi connectivity index (χ4v) is 6.87. The Balaban J connectivity index is 1.29. The predicted molar refractivity (Wildman–Crippen MR) is 134 cm³/mol. The maximum Gasteiger partial charge on any atom is 0.225 e. The molecule has 8 heteroatoms. The van der Waals surface area contributed by atoms with Crippen LogP contribution in [-0.4, -0.2) is 71.3 Å². The number of rotatable bonds is 5. The topological polar surface area (TPSA) is 82.1 Å². The van der Waals surface area contributed by atoms with Crippen LogP contribution < -0.4 is 20.4 Å². The van der Waals surface area contributed by atoms with Crippen molar-refractivity contribution in [3.05, 3.63) is 36.0 Å². The quantitative estimate of drug-likeness (QED) is 0.700. The van der Waals surface area contributed by atoms with Crippen LogP contribution in [0.1, 0.15) is 51.4 Å². The number of anilines is 2. The van der Waals surface area contributed by atoms with Gasteiger partial charge in [0.15, 0.2) is 0 Å². The van der Waals surface area contributed by atoms with Crippen molar-refractivity contribution in [1.82, 2.24) is 30.6 Å². The van der Waals surface area contributed by atoms with E-state index in [1.807, 2.05) is 18.6 Å². The average Bonchev–Trinajstić information content (AvgIpc) is 3.60. The molecular weight excluding hydrogens is 424 g/mol. The van der Waals surface area contributed by atoms with E-state index >= 15 is 0 Å². The highest BCUT2D eigenvalue weighted by atomic mass is 15.3. The third-order valence-corrected chi connectivity index (χ3v) is 9.00. The molecule has 6 rings (SSSR count). The highest BCUT2D eigenvalue weighted by molar-refractivity contribution is 5.44. The standard InChI is InChI=1S/C26H38N8/c1-16(2)20-11-29-14-24(31-20)34-15-19(18-10-28-13-22(18)34)26(3,4)23-5-7-30-25(32-23)33-8-6-17-9-27-12-21(17)33/h5,7,11,14,16-19,21-22,27-28H,6,8-10,12-13,15H2,1-4H3/t17-,18?,19?,21+,22?/m0/s1. The summed E-state index contributed by atoms with van der Waals surface area (Å²) >= 11 is 0. The van der Waals surface area contributed by atoms with Crippen LogP contribution in [0.2, 0.25) is 0 Å². The molecule has 0 amide bonds. The Bertz CT molecular complexity index is 1040. The predicted octanol–water partition coefficient (Wildman–Crippen LogP) is 2.19. The minimum atomic E-state index is -0.0719. The molecule has 4 saturated heterocycles. The third kappa shape index (κ3) is 3.57. The van der Waals surface area contributed by atoms with Gasteiger partial charge in [0.05, 0.1) is 17.6 Å². The van der Waals surface area contributed by atoms with Gasteiger partial charge in [-0.25, -0.2) is 15.0 Å². The second-order valence-corrected chi connectivity index (χ2v) is 11.5. The van der Waals surface area contributed by atoms with Gasteiger partial charge in [-0.3, -0.25) is 4.98 Å². The van der Waals surface area contributed by atoms with Gasteiger partial charge in [0.25, 0.3) is 0 Å². The number of nitrogens with one attached hydrogen (secondary N) is 2. The fourth-order valence-electron chi connectivity index (χ4n) is 6.87. The van der Waals surface area contributed by atoms with Gasteiger partial charge in [-0.1, -0.05) is 27.7 Å². The van der Waals surface area contributed by atoms with Gasteiger partial charge in [-0.15, -0.1) is 0 Å². The van der Waals surface area contributed by atoms with E-state index in [9.17, 15) is 0 Å². The van der Waals surface area contributed by atoms with Gasteiger partial charge >= 0.3 is 0 Å². The molecule has 2 aromatic rings. The second kappa shape index (κ2) is 8.41. The van der Waals surface area contributed by atoms with Crippen molar-refractivity contribution in [2.24, 2.45) is 17.8 Å². The van der Waals surface area contributed by atoms with Crippen LogP contribution in [0.15, 0.2) is 24.7 Å². The van der Waals surface area contributed by atoms with Crippen molar-refractivity contribution in [3.63, 3.8) is 0 Å². The zero-order valence-electron chi connectivity index (χ0n) is 20.9. The molecule has 0 bridgehead atoms. The number of aromatic nitrogens is 4. The number of nitrogens with zero attached hydrogens (tertiary/aromatic N) is 6. The zero-order chi connectivity index (χ0) is 23.4. The van der Waals surface area contributed by atoms with Crippen LogP contribution in [0.5, 0.6) is 0 Å². The van der Waals surface area contributed by atoms with Crippen LogP contribution in [-0.2, 0) is 5.41 Å². The summed E-state index contributed by atoms with van der Waals surface area (Å²) in [7, 11) is 0. The Labute approximate surface area is 203 Å². The molecule has 0 radical (unpaired) electrons. The van der Waals surface area contributed by atoms with E-state index in [1.54, 1.807) is 0 Å². The Kier molecular flexibility index (Phi) is 5.48. The van der Waals surface area contributed by atoms with Gasteiger partial charge in [0, 0.05) is 69.2 Å². The minimum Gasteiger partial charge on any atom is -0.350 e. The Morgan fingerprint density at radius 3 is 2.68 bits per heavy atom. The normalized spacial score (nSPS) is 30.9. The summed E-state index contributed by atoms with van der Waals surface area (Å²) in [4.78, 5) is 24.4. The first-order valence-corrected chi connectivity index (χ1v) is 13.0. The van der Waals surface area contributed by atoms with Gasteiger partial charge in [0.1, 0.15) is 5.82 Å². The molecule has 0 spiro atoms. The van der Waals surface area contributed by atoms with E-state index in [0.29, 0.717) is 29.8 Å². The lowest BCUT2D eigenvalue weighted by molar-refractivity contribution is 0.264. The van der Waals surface area contributed by atoms with E-state index in [1.165, 1.54) is 6.42 Å². The van der Waals surface area contributed by atoms with Crippen molar-refractivity contribution in [1.29, 1.82) is 0 Å². The lowest BCUT2D eigenvalue weighted by Crippen LogP contribution is -2.39. The smallest absolute Gasteiger partial charge is 0.225 e. The van der Waals surface area contributed by atoms with E-state index < -0.39 is 0 Å². The summed E-state index contributed by atoms with van der Waals surface area (Å²) in [5.41, 5.74) is 2.15. The molecule has 4 aliphatic heterocycles. The van der Waals surface area contributed by atoms with Crippen LogP contribution >= 0.6 is 0 Å². The van der Waals surface area contributed by atoms with Gasteiger partial charge in [-0.05, 0) is 36.2 Å². The van der Waals surface area contributed by atoms with Crippen molar-refractivity contribution in [2.45, 2.75) is 57.5 Å². The SMILES string of the molecule is CC(C)c1cncc(N2CC(C(C)(C)c3ccnc(N4CC[C@H]5CNC[C@H]54)n3)C3CNCC32)n1. The largest absolute Gasteiger partial charge is 0.350 e. The van der Waals surface area contributed by atoms with E-state index in [4.69, 9.17) is 15.0 Å². The molecule has 4 fully saturated rings. The maximum atomic E-state index is 5.20. The fraction of sp³-hybridized carbons (Fsp3) is 0.692. The first-order chi connectivity index (χ1) is 16.4. The third-order valence-electron chi connectivity index (χ3n) is 9.00. The first kappa shape index (κ1) is 22.2. The summed E-state index contributed by atoms with van der Waals surface area (Å²) < 4.78 is 0. The van der Waals surface area contributed by atoms with Crippen molar-refractivity contribution >= 4 is 11.8 Å². The highest BCUT2D eigenvalue weighted by Crippen LogP contribution is 2.45. The minimum absolute atomic E-state index is 0.0719. The summed E-state index contributed by atoms with van der Waals surface area (Å²) in [6, 6.07) is 3.13. The summed E-state index contributed by atoms with van der Waals surface area (Å²) in [6.07, 6.45) is 7.06. The molecule has 2 N–H and O–H groups in total. The number of hydrogen-bond acceptors (Lipinski definition) is 8. The molecule has 2 aromatic heterocycles. The molecule has 8 nitrogen and oxygen atoms in total. The molecule has 182 valence electrons. The Morgan fingerprint density at radius 1 is 1.00 bits per heavy atom. The second-order valence-electron chi connectivity index (χ2n) is 11.5. The van der Waals surface area contributed by atoms with Crippen LogP contribution in [0.4, 0.5) is 11.8 Å². The van der Waals surface area contributed by atoms with Crippen LogP contribution in [0, 0.1) is 17.8 Å². The molecule has 0 saturated carbocycles. The van der Waals surface area contributed by atoms with E-state index in [-0.39, 0.29) is 5.41 Å². The molecule has 3 unspecified atom stereocenters. The average molecular weight is 463 g/mol. The van der Waals surface area contributed by atoms with Crippen LogP contribution in [0.25, 0.3) is 0 Å². The van der Waals surface area contributed by atoms with Gasteiger partial charge in [0.2, 0.25) is 5.95 Å². The van der Waals surface area contributed by atoms with Crippen molar-refractivity contribution < 1.29 is 0 Å². The van der Waals surface area contributed by atoms with Crippen LogP contribution in [0.3, 0.4) is 0 Å². The lowest BCUT2D eigenvalue weighted by atomic mass is 9.70. The number of hydrogen-bond donors (Lipinski definition) is 2. The van der Waals surface area contributed by atoms with Crippen molar-refractivity contribution in [3.8, 4) is 0 Å². The maximum absolute atomic E-state index is 5.20. The molecule has 34 heavy (non-hydrogen) atoms. The molecule has 5 atom stereocenters. The molecule has 4 aliphatic rings. The molecule has 0 aromatic carbocycles. The highest BCUT2D eigenvalue weighted by Gasteiger charge is 2.51. The zero-order valence-corrected chi connectivity index (χ0v) is 20.9. The summed E-state index contributed by atoms with van der Waals surface area (Å²) in [5, 5.41) is 7.21. The molecular formula is C26H38N8. The monoisotopic (exact) mass is 462 g/mol. The van der Waals surface area contributed by atoms with E-state index in [0.717, 1.165) is 68.3 Å². The summed E-state index contributed by atoms with van der Waals surface area (Å²) in [5.74, 6) is 4.07. The van der Waals surface area contributed by atoms with Gasteiger partial charge in [-0.2, -0.15) is 0 Å². The Morgan fingerprint density at radius 2 is 1.82 bits per heavy atom. The summed E-state index contributed by atoms with van der Waals surface area (Å²) in [6.45, 7) is 15.4. The molecule has 6 heterocycles. The van der Waals surface area contributed by atoms with Gasteiger partial charge < -0.3 is 20.4 Å². The van der Waals surface area contributed by atoms with Crippen molar-refractivity contribution in [2.75, 3.05) is 49.1 Å². The first-order valence-electron chi connectivity index (χ1n) is 13.0. The Hall–Kier alpha value is -2.32. The lowest BCUT2D eigenvalue weighted by Gasteiger charge is -2.35. The van der Waals surface area contributed by atoms with E-state index in [2.05, 4.69) is 59.2 Å².